The molecule has 2 aromatic heterocycles. The van der Waals surface area contributed by atoms with Crippen LogP contribution in [-0.2, 0) is 14.4 Å². The summed E-state index contributed by atoms with van der Waals surface area (Å²) in [5, 5.41) is 9.06. The predicted octanol–water partition coefficient (Wildman–Crippen LogP) is 4.92. The molecule has 0 radical (unpaired) electrons. The number of imidazole rings is 1. The number of aliphatic hydroxyl groups is 1. The van der Waals surface area contributed by atoms with Crippen LogP contribution in [0.25, 0.3) is 33.5 Å². The third-order valence-electron chi connectivity index (χ3n) is 6.30. The molecule has 5 rings (SSSR count). The van der Waals surface area contributed by atoms with Crippen LogP contribution in [-0.4, -0.2) is 64.7 Å². The van der Waals surface area contributed by atoms with E-state index >= 15 is 0 Å². The summed E-state index contributed by atoms with van der Waals surface area (Å²) < 4.78 is 66.0. The first-order valence-corrected chi connectivity index (χ1v) is 13.3. The van der Waals surface area contributed by atoms with Gasteiger partial charge in [0.1, 0.15) is 11.8 Å². The van der Waals surface area contributed by atoms with Crippen LogP contribution in [0.5, 0.6) is 6.01 Å². The molecular formula is C25H24F3N5O3S. The van der Waals surface area contributed by atoms with Crippen molar-refractivity contribution in [2.45, 2.75) is 23.0 Å². The molecule has 37 heavy (non-hydrogen) atoms. The largest absolute Gasteiger partial charge is 0.452 e. The third kappa shape index (κ3) is 4.67. The van der Waals surface area contributed by atoms with Crippen LogP contribution >= 0.6 is 0 Å². The fourth-order valence-corrected chi connectivity index (χ4v) is 4.92. The number of hydrogen-bond donors (Lipinski definition) is 3. The Bertz CT molecular complexity index is 1570. The molecular weight excluding hydrogens is 507 g/mol. The van der Waals surface area contributed by atoms with Crippen molar-refractivity contribution in [1.29, 1.82) is 4.78 Å². The zero-order valence-electron chi connectivity index (χ0n) is 19.9. The van der Waals surface area contributed by atoms with Crippen LogP contribution in [0.1, 0.15) is 0 Å². The van der Waals surface area contributed by atoms with E-state index in [2.05, 4.69) is 19.3 Å². The molecule has 12 heteroatoms. The fraction of sp³-hybridized carbons (Fsp3) is 0.280. The van der Waals surface area contributed by atoms with Gasteiger partial charge in [0.2, 0.25) is 0 Å². The fourth-order valence-electron chi connectivity index (χ4n) is 4.05. The van der Waals surface area contributed by atoms with Gasteiger partial charge in [-0.05, 0) is 32.9 Å². The highest BCUT2D eigenvalue weighted by Crippen LogP contribution is 2.35. The summed E-state index contributed by atoms with van der Waals surface area (Å²) in [5.41, 5.74) is 2.71. The maximum Gasteiger partial charge on any atom is 0.314 e. The Morgan fingerprint density at radius 2 is 1.76 bits per heavy atom. The lowest BCUT2D eigenvalue weighted by atomic mass is 10.0. The molecule has 3 N–H and O–H groups in total. The van der Waals surface area contributed by atoms with Gasteiger partial charge in [-0.1, -0.05) is 36.4 Å². The second-order valence-corrected chi connectivity index (χ2v) is 11.3. The Morgan fingerprint density at radius 1 is 1.14 bits per heavy atom. The highest BCUT2D eigenvalue weighted by atomic mass is 32.2. The van der Waals surface area contributed by atoms with Gasteiger partial charge >= 0.3 is 5.92 Å². The highest BCUT2D eigenvalue weighted by molar-refractivity contribution is 7.94. The van der Waals surface area contributed by atoms with Crippen LogP contribution in [0.4, 0.5) is 13.2 Å². The molecule has 0 amide bonds. The van der Waals surface area contributed by atoms with E-state index in [-0.39, 0.29) is 22.9 Å². The lowest BCUT2D eigenvalue weighted by molar-refractivity contribution is -0.118. The van der Waals surface area contributed by atoms with Gasteiger partial charge in [0.15, 0.2) is 17.6 Å². The van der Waals surface area contributed by atoms with Crippen molar-refractivity contribution in [3.8, 4) is 28.4 Å². The summed E-state index contributed by atoms with van der Waals surface area (Å²) >= 11 is 0. The number of halogens is 3. The lowest BCUT2D eigenvalue weighted by Gasteiger charge is -2.20. The zero-order valence-corrected chi connectivity index (χ0v) is 20.7. The quantitative estimate of drug-likeness (QED) is 0.327. The molecule has 1 unspecified atom stereocenters. The van der Waals surface area contributed by atoms with E-state index in [1.54, 1.807) is 25.4 Å². The minimum atomic E-state index is -3.41. The number of aromatic nitrogens is 3. The molecule has 1 fully saturated rings. The van der Waals surface area contributed by atoms with Crippen molar-refractivity contribution in [3.63, 3.8) is 0 Å². The molecule has 194 valence electrons. The number of benzene rings is 2. The summed E-state index contributed by atoms with van der Waals surface area (Å²) in [5.74, 6) is -4.02. The molecule has 8 nitrogen and oxygen atoms in total. The summed E-state index contributed by atoms with van der Waals surface area (Å²) in [6, 6.07) is 15.7. The number of ether oxygens (including phenoxy) is 2. The Kier molecular flexibility index (Phi) is 6.42. The normalized spacial score (nSPS) is 20.6. The molecule has 0 bridgehead atoms. The maximum absolute atomic E-state index is 14.9. The predicted molar refractivity (Wildman–Crippen MR) is 134 cm³/mol. The third-order valence-corrected chi connectivity index (χ3v) is 8.22. The van der Waals surface area contributed by atoms with Crippen LogP contribution in [0, 0.1) is 10.6 Å². The van der Waals surface area contributed by atoms with E-state index in [1.165, 1.54) is 6.07 Å². The van der Waals surface area contributed by atoms with E-state index in [1.807, 2.05) is 36.4 Å². The van der Waals surface area contributed by atoms with E-state index in [9.17, 15) is 13.2 Å². The number of H-pyrrole nitrogens is 1. The van der Waals surface area contributed by atoms with Crippen molar-refractivity contribution in [2.75, 3.05) is 26.5 Å². The van der Waals surface area contributed by atoms with E-state index in [0.29, 0.717) is 5.56 Å². The molecule has 3 heterocycles. The molecule has 0 spiro atoms. The molecule has 0 aliphatic carbocycles. The Hall–Kier alpha value is -3.48. The van der Waals surface area contributed by atoms with Crippen LogP contribution < -0.4 is 4.74 Å². The van der Waals surface area contributed by atoms with Gasteiger partial charge in [-0.25, -0.2) is 9.37 Å². The van der Waals surface area contributed by atoms with Gasteiger partial charge in [-0.2, -0.15) is 13.8 Å². The Balaban J connectivity index is 1.38. The van der Waals surface area contributed by atoms with Crippen LogP contribution in [0.3, 0.4) is 0 Å². The molecule has 1 aliphatic heterocycles. The molecule has 2 aromatic carbocycles. The number of fused-ring (bicyclic) bond motifs is 1. The summed E-state index contributed by atoms with van der Waals surface area (Å²) in [7, 11) is -0.278. The molecule has 4 aromatic rings. The first-order valence-electron chi connectivity index (χ1n) is 11.3. The lowest BCUT2D eigenvalue weighted by Crippen LogP contribution is -2.43. The van der Waals surface area contributed by atoms with E-state index in [0.717, 1.165) is 16.0 Å². The standard InChI is InChI=1S/C25H24F3N5O3S/c1-30-37(2,29)17-9-7-15(8-10-17)14-3-5-16(6-4-14)22-18(26)11-19-23(32-22)33-24(31-19)36-21-13-35-20(12-34)25(21,27)28/h3-11,20-21,29,34H,12-13H2,1-2H3,(H,31,32,33)/t20-,21-,37?/m1/s1. The highest BCUT2D eigenvalue weighted by Gasteiger charge is 2.55. The average molecular weight is 532 g/mol. The maximum atomic E-state index is 14.9. The number of pyridine rings is 1. The van der Waals surface area contributed by atoms with Crippen molar-refractivity contribution in [2.24, 2.45) is 4.36 Å². The van der Waals surface area contributed by atoms with Crippen LogP contribution in [0.15, 0.2) is 63.9 Å². The monoisotopic (exact) mass is 531 g/mol. The summed E-state index contributed by atoms with van der Waals surface area (Å²) in [4.78, 5) is 11.9. The minimum Gasteiger partial charge on any atom is -0.452 e. The first-order chi connectivity index (χ1) is 17.6. The van der Waals surface area contributed by atoms with Crippen molar-refractivity contribution >= 4 is 20.8 Å². The smallest absolute Gasteiger partial charge is 0.314 e. The Morgan fingerprint density at radius 3 is 2.35 bits per heavy atom. The van der Waals surface area contributed by atoms with Gasteiger partial charge in [0, 0.05) is 29.8 Å². The molecule has 1 aliphatic rings. The van der Waals surface area contributed by atoms with Crippen molar-refractivity contribution in [3.05, 3.63) is 60.4 Å². The zero-order chi connectivity index (χ0) is 26.4. The average Bonchev–Trinajstić information content (AvgIpc) is 3.42. The summed E-state index contributed by atoms with van der Waals surface area (Å²) in [6.45, 7) is -1.26. The van der Waals surface area contributed by atoms with Crippen molar-refractivity contribution in [1.82, 2.24) is 15.0 Å². The number of alkyl halides is 2. The van der Waals surface area contributed by atoms with Crippen LogP contribution in [0.2, 0.25) is 0 Å². The number of rotatable bonds is 6. The number of hydrogen-bond acceptors (Lipinski definition) is 7. The van der Waals surface area contributed by atoms with Gasteiger partial charge < -0.3 is 19.6 Å². The number of aliphatic hydroxyl groups excluding tert-OH is 1. The van der Waals surface area contributed by atoms with E-state index < -0.39 is 46.8 Å². The van der Waals surface area contributed by atoms with Gasteiger partial charge in [-0.3, -0.25) is 9.14 Å². The molecule has 0 saturated carbocycles. The number of nitrogens with one attached hydrogen (secondary N) is 2. The topological polar surface area (TPSA) is 116 Å². The Labute approximate surface area is 211 Å². The second kappa shape index (κ2) is 9.43. The van der Waals surface area contributed by atoms with Gasteiger partial charge in [0.05, 0.1) is 18.7 Å². The van der Waals surface area contributed by atoms with Gasteiger partial charge in [0.25, 0.3) is 6.01 Å². The summed E-state index contributed by atoms with van der Waals surface area (Å²) in [6.07, 6.45) is -1.51. The van der Waals surface area contributed by atoms with Crippen molar-refractivity contribution < 1.29 is 27.8 Å². The number of aromatic amines is 1. The van der Waals surface area contributed by atoms with Gasteiger partial charge in [-0.15, -0.1) is 0 Å². The molecule has 3 atom stereocenters. The first kappa shape index (κ1) is 25.2. The number of nitrogens with zero attached hydrogens (tertiary/aromatic N) is 3. The van der Waals surface area contributed by atoms with E-state index in [4.69, 9.17) is 19.4 Å². The second-order valence-electron chi connectivity index (χ2n) is 8.68. The molecule has 1 saturated heterocycles. The SMILES string of the molecule is CN=S(C)(=N)c1ccc(-c2ccc(-c3nc4nc(O[C@@H]5CO[C@H](CO)C5(F)F)[nH]c4cc3F)cc2)cc1. The minimum absolute atomic E-state index is 0.0560.